The second-order valence-corrected chi connectivity index (χ2v) is 5.80. The largest absolute Gasteiger partial charge is 0.325 e. The van der Waals surface area contributed by atoms with E-state index >= 15 is 0 Å². The quantitative estimate of drug-likeness (QED) is 0.624. The number of nitriles is 1. The molecule has 23 heavy (non-hydrogen) atoms. The molecule has 1 heterocycles. The van der Waals surface area contributed by atoms with E-state index in [1.807, 2.05) is 11.5 Å². The highest BCUT2D eigenvalue weighted by atomic mass is 32.2. The number of hydrogen-bond acceptors (Lipinski definition) is 5. The molecule has 0 saturated carbocycles. The number of anilines is 1. The fourth-order valence-corrected chi connectivity index (χ4v) is 2.88. The third-order valence-electron chi connectivity index (χ3n) is 3.10. The van der Waals surface area contributed by atoms with Gasteiger partial charge in [-0.15, -0.1) is 16.8 Å². The average Bonchev–Trinajstić information content (AvgIpc) is 2.89. The highest BCUT2D eigenvalue weighted by Crippen LogP contribution is 2.19. The minimum atomic E-state index is -0.133. The number of benzene rings is 1. The fourth-order valence-electron chi connectivity index (χ4n) is 1.94. The van der Waals surface area contributed by atoms with Gasteiger partial charge in [0.1, 0.15) is 11.9 Å². The van der Waals surface area contributed by atoms with Crippen molar-refractivity contribution >= 4 is 23.4 Å². The van der Waals surface area contributed by atoms with Gasteiger partial charge in [0.15, 0.2) is 5.16 Å². The number of allylic oxidation sites excluding steroid dienone is 1. The summed E-state index contributed by atoms with van der Waals surface area (Å²) in [6.45, 7) is 6.24. The van der Waals surface area contributed by atoms with Crippen molar-refractivity contribution in [1.29, 1.82) is 5.26 Å². The third-order valence-corrected chi connectivity index (χ3v) is 4.06. The molecule has 0 radical (unpaired) electrons. The molecule has 0 aliphatic rings. The van der Waals surface area contributed by atoms with Crippen molar-refractivity contribution in [2.45, 2.75) is 25.0 Å². The number of rotatable bonds is 7. The molecule has 2 aromatic rings. The third kappa shape index (κ3) is 4.44. The van der Waals surface area contributed by atoms with Crippen molar-refractivity contribution in [3.05, 3.63) is 48.3 Å². The lowest BCUT2D eigenvalue weighted by Gasteiger charge is -2.07. The van der Waals surface area contributed by atoms with E-state index in [1.54, 1.807) is 30.3 Å². The molecule has 0 aliphatic carbocycles. The molecule has 2 rings (SSSR count). The predicted molar refractivity (Wildman–Crippen MR) is 90.1 cm³/mol. The standard InChI is InChI=1S/C16H17N5OS/c1-3-9-21-12(2)19-20-16(21)23-10-8-15(22)18-14-7-5-4-6-13(14)11-17/h3-7H,1,8-10H2,2H3,(H,18,22). The molecule has 0 saturated heterocycles. The van der Waals surface area contributed by atoms with Crippen LogP contribution in [0.25, 0.3) is 0 Å². The van der Waals surface area contributed by atoms with Gasteiger partial charge in [0, 0.05) is 18.7 Å². The maximum Gasteiger partial charge on any atom is 0.225 e. The van der Waals surface area contributed by atoms with Crippen LogP contribution in [-0.2, 0) is 11.3 Å². The van der Waals surface area contributed by atoms with Crippen LogP contribution >= 0.6 is 11.8 Å². The van der Waals surface area contributed by atoms with Gasteiger partial charge in [0.2, 0.25) is 5.91 Å². The summed E-state index contributed by atoms with van der Waals surface area (Å²) in [7, 11) is 0. The summed E-state index contributed by atoms with van der Waals surface area (Å²) < 4.78 is 1.94. The zero-order valence-corrected chi connectivity index (χ0v) is 13.6. The molecule has 0 atom stereocenters. The molecule has 0 spiro atoms. The van der Waals surface area contributed by atoms with Gasteiger partial charge >= 0.3 is 0 Å². The molecule has 0 fully saturated rings. The van der Waals surface area contributed by atoms with Crippen LogP contribution in [-0.4, -0.2) is 26.4 Å². The van der Waals surface area contributed by atoms with Gasteiger partial charge < -0.3 is 9.88 Å². The van der Waals surface area contributed by atoms with Gasteiger partial charge in [0.05, 0.1) is 11.3 Å². The number of nitrogens with one attached hydrogen (secondary N) is 1. The number of nitrogens with zero attached hydrogens (tertiary/aromatic N) is 4. The monoisotopic (exact) mass is 327 g/mol. The van der Waals surface area contributed by atoms with Crippen LogP contribution in [0.5, 0.6) is 0 Å². The molecule has 118 valence electrons. The first-order valence-electron chi connectivity index (χ1n) is 7.08. The Balaban J connectivity index is 1.88. The van der Waals surface area contributed by atoms with Crippen molar-refractivity contribution in [3.63, 3.8) is 0 Å². The van der Waals surface area contributed by atoms with Crippen molar-refractivity contribution in [2.75, 3.05) is 11.1 Å². The number of thioether (sulfide) groups is 1. The van der Waals surface area contributed by atoms with E-state index in [4.69, 9.17) is 5.26 Å². The Labute approximate surface area is 139 Å². The van der Waals surface area contributed by atoms with E-state index in [0.29, 0.717) is 30.0 Å². The van der Waals surface area contributed by atoms with E-state index in [-0.39, 0.29) is 5.91 Å². The number of aryl methyl sites for hydroxylation is 1. The summed E-state index contributed by atoms with van der Waals surface area (Å²) in [5.41, 5.74) is 0.991. The Morgan fingerprint density at radius 2 is 2.26 bits per heavy atom. The van der Waals surface area contributed by atoms with Gasteiger partial charge in [-0.25, -0.2) is 0 Å². The Bertz CT molecular complexity index is 747. The molecule has 7 heteroatoms. The number of para-hydroxylation sites is 1. The van der Waals surface area contributed by atoms with Crippen LogP contribution in [0.2, 0.25) is 0 Å². The van der Waals surface area contributed by atoms with Crippen LogP contribution in [0.15, 0.2) is 42.1 Å². The molecule has 1 N–H and O–H groups in total. The molecule has 1 aromatic carbocycles. The Morgan fingerprint density at radius 1 is 1.48 bits per heavy atom. The smallest absolute Gasteiger partial charge is 0.225 e. The number of amides is 1. The zero-order chi connectivity index (χ0) is 16.7. The topological polar surface area (TPSA) is 83.6 Å². The van der Waals surface area contributed by atoms with Crippen molar-refractivity contribution in [2.24, 2.45) is 0 Å². The number of carbonyl (C=O) groups is 1. The molecule has 1 aromatic heterocycles. The number of carbonyl (C=O) groups excluding carboxylic acids is 1. The van der Waals surface area contributed by atoms with E-state index in [1.165, 1.54) is 11.8 Å². The van der Waals surface area contributed by atoms with Gasteiger partial charge in [0.25, 0.3) is 0 Å². The summed E-state index contributed by atoms with van der Waals surface area (Å²) >= 11 is 1.47. The van der Waals surface area contributed by atoms with Gasteiger partial charge in [-0.2, -0.15) is 5.26 Å². The van der Waals surface area contributed by atoms with E-state index in [9.17, 15) is 4.79 Å². The van der Waals surface area contributed by atoms with Crippen LogP contribution in [0.1, 0.15) is 17.8 Å². The Kier molecular flexibility index (Phi) is 5.94. The second kappa shape index (κ2) is 8.15. The van der Waals surface area contributed by atoms with Gasteiger partial charge in [-0.05, 0) is 19.1 Å². The minimum Gasteiger partial charge on any atom is -0.325 e. The van der Waals surface area contributed by atoms with Crippen molar-refractivity contribution < 1.29 is 4.79 Å². The molecule has 0 bridgehead atoms. The summed E-state index contributed by atoms with van der Waals surface area (Å²) in [4.78, 5) is 12.0. The maximum atomic E-state index is 12.0. The molecular formula is C16H17N5OS. The first-order valence-corrected chi connectivity index (χ1v) is 8.06. The highest BCUT2D eigenvalue weighted by molar-refractivity contribution is 7.99. The van der Waals surface area contributed by atoms with Crippen LogP contribution < -0.4 is 5.32 Å². The van der Waals surface area contributed by atoms with Crippen LogP contribution in [0, 0.1) is 18.3 Å². The van der Waals surface area contributed by atoms with E-state index in [2.05, 4.69) is 28.2 Å². The predicted octanol–water partition coefficient (Wildman–Crippen LogP) is 2.77. The van der Waals surface area contributed by atoms with Crippen molar-refractivity contribution in [3.8, 4) is 6.07 Å². The molecule has 0 aliphatic heterocycles. The van der Waals surface area contributed by atoms with E-state index in [0.717, 1.165) is 11.0 Å². The first kappa shape index (κ1) is 16.8. The Hall–Kier alpha value is -2.59. The number of hydrogen-bond donors (Lipinski definition) is 1. The fraction of sp³-hybridized carbons (Fsp3) is 0.250. The molecule has 6 nitrogen and oxygen atoms in total. The average molecular weight is 327 g/mol. The molecule has 0 unspecified atom stereocenters. The molecule has 1 amide bonds. The van der Waals surface area contributed by atoms with Gasteiger partial charge in [-0.3, -0.25) is 4.79 Å². The molecular weight excluding hydrogens is 310 g/mol. The second-order valence-electron chi connectivity index (χ2n) is 4.73. The van der Waals surface area contributed by atoms with Crippen molar-refractivity contribution in [1.82, 2.24) is 14.8 Å². The van der Waals surface area contributed by atoms with Crippen LogP contribution in [0.4, 0.5) is 5.69 Å². The zero-order valence-electron chi connectivity index (χ0n) is 12.8. The normalized spacial score (nSPS) is 10.1. The number of aromatic nitrogens is 3. The van der Waals surface area contributed by atoms with Gasteiger partial charge in [-0.1, -0.05) is 30.0 Å². The summed E-state index contributed by atoms with van der Waals surface area (Å²) in [6, 6.07) is 8.99. The van der Waals surface area contributed by atoms with E-state index < -0.39 is 0 Å². The lowest BCUT2D eigenvalue weighted by Crippen LogP contribution is -2.13. The highest BCUT2D eigenvalue weighted by Gasteiger charge is 2.10. The Morgan fingerprint density at radius 3 is 3.00 bits per heavy atom. The lowest BCUT2D eigenvalue weighted by atomic mass is 10.2. The summed E-state index contributed by atoms with van der Waals surface area (Å²) in [6.07, 6.45) is 2.11. The summed E-state index contributed by atoms with van der Waals surface area (Å²) in [5.74, 6) is 1.27. The minimum absolute atomic E-state index is 0.133. The summed E-state index contributed by atoms with van der Waals surface area (Å²) in [5, 5.41) is 20.7. The first-order chi connectivity index (χ1) is 11.2. The SMILES string of the molecule is C=CCn1c(C)nnc1SCCC(=O)Nc1ccccc1C#N. The van der Waals surface area contributed by atoms with Crippen LogP contribution in [0.3, 0.4) is 0 Å². The lowest BCUT2D eigenvalue weighted by molar-refractivity contribution is -0.115. The maximum absolute atomic E-state index is 12.0.